The number of amides is 2. The second-order valence-corrected chi connectivity index (χ2v) is 7.38. The summed E-state index contributed by atoms with van der Waals surface area (Å²) in [6.07, 6.45) is 2.89. The van der Waals surface area contributed by atoms with E-state index in [1.807, 2.05) is 24.3 Å². The van der Waals surface area contributed by atoms with Gasteiger partial charge in [0.1, 0.15) is 5.75 Å². The zero-order valence-corrected chi connectivity index (χ0v) is 15.8. The summed E-state index contributed by atoms with van der Waals surface area (Å²) in [7, 11) is 1.64. The first-order valence-electron chi connectivity index (χ1n) is 8.82. The predicted octanol–water partition coefficient (Wildman–Crippen LogP) is 3.24. The van der Waals surface area contributed by atoms with Gasteiger partial charge in [-0.25, -0.2) is 4.98 Å². The molecule has 1 aliphatic rings. The fourth-order valence-corrected chi connectivity index (χ4v) is 4.03. The molecular weight excluding hydrogens is 350 g/mol. The van der Waals surface area contributed by atoms with Crippen molar-refractivity contribution in [2.75, 3.05) is 19.0 Å². The Morgan fingerprint density at radius 3 is 2.77 bits per heavy atom. The Hall–Kier alpha value is -2.41. The molecule has 0 spiro atoms. The molecule has 1 unspecified atom stereocenters. The molecule has 0 bridgehead atoms. The Balaban J connectivity index is 1.77. The minimum Gasteiger partial charge on any atom is -0.497 e. The molecule has 1 aromatic heterocycles. The molecule has 2 N–H and O–H groups in total. The van der Waals surface area contributed by atoms with Crippen LogP contribution in [0.3, 0.4) is 0 Å². The van der Waals surface area contributed by atoms with Crippen molar-refractivity contribution in [1.29, 1.82) is 0 Å². The lowest BCUT2D eigenvalue weighted by atomic mass is 9.98. The van der Waals surface area contributed by atoms with E-state index in [4.69, 9.17) is 4.74 Å². The van der Waals surface area contributed by atoms with Crippen LogP contribution >= 0.6 is 11.3 Å². The molecular formula is C19H23N3O3S. The summed E-state index contributed by atoms with van der Waals surface area (Å²) in [6, 6.07) is 7.78. The van der Waals surface area contributed by atoms with Gasteiger partial charge in [0.25, 0.3) is 0 Å². The van der Waals surface area contributed by atoms with E-state index < -0.39 is 0 Å². The number of piperidine rings is 1. The number of ether oxygens (including phenoxy) is 1. The van der Waals surface area contributed by atoms with Crippen LogP contribution in [0.1, 0.15) is 31.1 Å². The molecule has 138 valence electrons. The summed E-state index contributed by atoms with van der Waals surface area (Å²) >= 11 is 1.52. The molecule has 1 aromatic carbocycles. The molecule has 1 aliphatic heterocycles. The van der Waals surface area contributed by atoms with Crippen LogP contribution in [0.15, 0.2) is 24.3 Å². The van der Waals surface area contributed by atoms with Gasteiger partial charge in [-0.15, -0.1) is 11.3 Å². The van der Waals surface area contributed by atoms with E-state index in [-0.39, 0.29) is 17.7 Å². The van der Waals surface area contributed by atoms with Gasteiger partial charge < -0.3 is 15.4 Å². The Morgan fingerprint density at radius 1 is 1.38 bits per heavy atom. The highest BCUT2D eigenvalue weighted by Gasteiger charge is 2.25. The summed E-state index contributed by atoms with van der Waals surface area (Å²) < 4.78 is 5.21. The van der Waals surface area contributed by atoms with Crippen molar-refractivity contribution in [3.05, 3.63) is 29.1 Å². The van der Waals surface area contributed by atoms with E-state index >= 15 is 0 Å². The number of aromatic nitrogens is 1. The van der Waals surface area contributed by atoms with Crippen molar-refractivity contribution >= 4 is 28.3 Å². The van der Waals surface area contributed by atoms with Gasteiger partial charge in [-0.1, -0.05) is 13.3 Å². The van der Waals surface area contributed by atoms with E-state index in [2.05, 4.69) is 22.5 Å². The third kappa shape index (κ3) is 4.22. The van der Waals surface area contributed by atoms with Crippen molar-refractivity contribution in [3.63, 3.8) is 0 Å². The summed E-state index contributed by atoms with van der Waals surface area (Å²) in [5.41, 5.74) is 1.92. The monoisotopic (exact) mass is 373 g/mol. The van der Waals surface area contributed by atoms with Crippen LogP contribution in [0.2, 0.25) is 0 Å². The van der Waals surface area contributed by atoms with E-state index in [0.717, 1.165) is 34.7 Å². The predicted molar refractivity (Wildman–Crippen MR) is 102 cm³/mol. The maximum Gasteiger partial charge on any atom is 0.231 e. The summed E-state index contributed by atoms with van der Waals surface area (Å²) in [6.45, 7) is 2.52. The smallest absolute Gasteiger partial charge is 0.231 e. The normalized spacial score (nSPS) is 16.8. The lowest BCUT2D eigenvalue weighted by Crippen LogP contribution is -2.40. The van der Waals surface area contributed by atoms with Crippen LogP contribution in [0, 0.1) is 5.92 Å². The number of methoxy groups -OCH3 is 1. The highest BCUT2D eigenvalue weighted by Crippen LogP contribution is 2.33. The SMILES string of the molecule is CCCc1sc(NC(=O)C2CCC(=O)NC2)nc1-c1ccc(OC)cc1. The Bertz CT molecular complexity index is 776. The van der Waals surface area contributed by atoms with Crippen molar-refractivity contribution < 1.29 is 14.3 Å². The number of hydrogen-bond acceptors (Lipinski definition) is 5. The van der Waals surface area contributed by atoms with Gasteiger partial charge in [-0.3, -0.25) is 9.59 Å². The average Bonchev–Trinajstić information content (AvgIpc) is 3.05. The van der Waals surface area contributed by atoms with Crippen LogP contribution in [0.25, 0.3) is 11.3 Å². The lowest BCUT2D eigenvalue weighted by Gasteiger charge is -2.20. The number of carbonyl (C=O) groups excluding carboxylic acids is 2. The lowest BCUT2D eigenvalue weighted by molar-refractivity contribution is -0.126. The van der Waals surface area contributed by atoms with E-state index in [0.29, 0.717) is 24.5 Å². The summed E-state index contributed by atoms with van der Waals surface area (Å²) in [5.74, 6) is 0.531. The average molecular weight is 373 g/mol. The van der Waals surface area contributed by atoms with Crippen LogP contribution in [-0.4, -0.2) is 30.5 Å². The van der Waals surface area contributed by atoms with Gasteiger partial charge in [0.2, 0.25) is 11.8 Å². The molecule has 0 saturated carbocycles. The number of hydrogen-bond donors (Lipinski definition) is 2. The van der Waals surface area contributed by atoms with Crippen LogP contribution in [-0.2, 0) is 16.0 Å². The van der Waals surface area contributed by atoms with Gasteiger partial charge in [-0.2, -0.15) is 0 Å². The molecule has 1 fully saturated rings. The minimum atomic E-state index is -0.198. The molecule has 0 radical (unpaired) electrons. The highest BCUT2D eigenvalue weighted by molar-refractivity contribution is 7.16. The zero-order valence-electron chi connectivity index (χ0n) is 15.0. The fourth-order valence-electron chi connectivity index (χ4n) is 2.94. The summed E-state index contributed by atoms with van der Waals surface area (Å²) in [5, 5.41) is 6.29. The number of nitrogens with zero attached hydrogens (tertiary/aromatic N) is 1. The fraction of sp³-hybridized carbons (Fsp3) is 0.421. The second kappa shape index (κ2) is 8.31. The minimum absolute atomic E-state index is 0.00956. The number of nitrogens with one attached hydrogen (secondary N) is 2. The van der Waals surface area contributed by atoms with Gasteiger partial charge in [-0.05, 0) is 37.1 Å². The number of benzene rings is 1. The van der Waals surface area contributed by atoms with E-state index in [1.165, 1.54) is 11.3 Å². The topological polar surface area (TPSA) is 80.3 Å². The van der Waals surface area contributed by atoms with Gasteiger partial charge in [0.15, 0.2) is 5.13 Å². The number of anilines is 1. The molecule has 2 amide bonds. The van der Waals surface area contributed by atoms with Crippen molar-refractivity contribution in [2.24, 2.45) is 5.92 Å². The highest BCUT2D eigenvalue weighted by atomic mass is 32.1. The molecule has 26 heavy (non-hydrogen) atoms. The molecule has 2 aromatic rings. The van der Waals surface area contributed by atoms with Crippen molar-refractivity contribution in [1.82, 2.24) is 10.3 Å². The first kappa shape index (κ1) is 18.4. The van der Waals surface area contributed by atoms with Gasteiger partial charge in [0.05, 0.1) is 18.7 Å². The largest absolute Gasteiger partial charge is 0.497 e. The molecule has 7 heteroatoms. The first-order valence-corrected chi connectivity index (χ1v) is 9.64. The summed E-state index contributed by atoms with van der Waals surface area (Å²) in [4.78, 5) is 29.5. The van der Waals surface area contributed by atoms with Crippen LogP contribution in [0.5, 0.6) is 5.75 Å². The standard InChI is InChI=1S/C19H23N3O3S/c1-3-4-15-17(12-5-8-14(25-2)9-6-12)21-19(26-15)22-18(24)13-7-10-16(23)20-11-13/h5-6,8-9,13H,3-4,7,10-11H2,1-2H3,(H,20,23)(H,21,22,24). The number of carbonyl (C=O) groups is 2. The Morgan fingerprint density at radius 2 is 2.15 bits per heavy atom. The Kier molecular flexibility index (Phi) is 5.88. The number of rotatable bonds is 6. The molecule has 1 saturated heterocycles. The number of aryl methyl sites for hydroxylation is 1. The molecule has 1 atom stereocenters. The van der Waals surface area contributed by atoms with E-state index in [9.17, 15) is 9.59 Å². The van der Waals surface area contributed by atoms with Crippen LogP contribution in [0.4, 0.5) is 5.13 Å². The molecule has 0 aliphatic carbocycles. The maximum atomic E-state index is 12.5. The first-order chi connectivity index (χ1) is 12.6. The third-order valence-corrected chi connectivity index (χ3v) is 5.43. The third-order valence-electron chi connectivity index (χ3n) is 4.40. The Labute approximate surface area is 157 Å². The van der Waals surface area contributed by atoms with Crippen molar-refractivity contribution in [2.45, 2.75) is 32.6 Å². The maximum absolute atomic E-state index is 12.5. The van der Waals surface area contributed by atoms with Crippen molar-refractivity contribution in [3.8, 4) is 17.0 Å². The van der Waals surface area contributed by atoms with Crippen LogP contribution < -0.4 is 15.4 Å². The van der Waals surface area contributed by atoms with Gasteiger partial charge in [0, 0.05) is 23.4 Å². The zero-order chi connectivity index (χ0) is 18.5. The molecule has 3 rings (SSSR count). The molecule has 2 heterocycles. The quantitative estimate of drug-likeness (QED) is 0.815. The second-order valence-electron chi connectivity index (χ2n) is 6.30. The number of thiazole rings is 1. The van der Waals surface area contributed by atoms with E-state index in [1.54, 1.807) is 7.11 Å². The molecule has 6 nitrogen and oxygen atoms in total. The van der Waals surface area contributed by atoms with Gasteiger partial charge >= 0.3 is 0 Å².